The van der Waals surface area contributed by atoms with Crippen LogP contribution in [0.1, 0.15) is 25.8 Å². The van der Waals surface area contributed by atoms with Crippen LogP contribution in [0.15, 0.2) is 42.7 Å². The summed E-state index contributed by atoms with van der Waals surface area (Å²) in [4.78, 5) is 36.5. The number of aryl methyl sites for hydroxylation is 1. The molecule has 9 nitrogen and oxygen atoms in total. The molecule has 0 atom stereocenters. The van der Waals surface area contributed by atoms with Crippen molar-refractivity contribution in [3.05, 3.63) is 54.1 Å². The Morgan fingerprint density at radius 2 is 1.83 bits per heavy atom. The largest absolute Gasteiger partial charge is 0.453 e. The Hall–Kier alpha value is -4.15. The summed E-state index contributed by atoms with van der Waals surface area (Å²) < 4.78 is 32.7. The van der Waals surface area contributed by atoms with E-state index >= 15 is 0 Å². The number of hydrogen-bond acceptors (Lipinski definition) is 6. The lowest BCUT2D eigenvalue weighted by Gasteiger charge is -2.15. The van der Waals surface area contributed by atoms with Crippen molar-refractivity contribution in [3.8, 4) is 22.6 Å². The van der Waals surface area contributed by atoms with Crippen LogP contribution in [0.3, 0.4) is 0 Å². The van der Waals surface area contributed by atoms with E-state index in [1.54, 1.807) is 31.3 Å². The molecule has 0 saturated carbocycles. The fourth-order valence-corrected chi connectivity index (χ4v) is 3.13. The third-order valence-corrected chi connectivity index (χ3v) is 4.93. The summed E-state index contributed by atoms with van der Waals surface area (Å²) in [6, 6.07) is 7.05. The molecule has 0 unspecified atom stereocenters. The summed E-state index contributed by atoms with van der Waals surface area (Å²) in [6.07, 6.45) is 2.50. The SMILES string of the molecule is COC(=O)Nc1cc(-c2nccc(-c3cc(NC(=O)NCCC(C)(C)F)c(F)cc3C)n2)ccn1. The number of benzene rings is 1. The molecule has 0 bridgehead atoms. The van der Waals surface area contributed by atoms with Crippen LogP contribution in [0.25, 0.3) is 22.6 Å². The zero-order chi connectivity index (χ0) is 25.6. The van der Waals surface area contributed by atoms with Gasteiger partial charge in [0, 0.05) is 30.1 Å². The van der Waals surface area contributed by atoms with Crippen molar-refractivity contribution in [2.45, 2.75) is 32.9 Å². The Kier molecular flexibility index (Phi) is 7.90. The minimum Gasteiger partial charge on any atom is -0.453 e. The third kappa shape index (κ3) is 7.16. The summed E-state index contributed by atoms with van der Waals surface area (Å²) in [6.45, 7) is 4.65. The highest BCUT2D eigenvalue weighted by atomic mass is 19.1. The molecule has 0 fully saturated rings. The first-order chi connectivity index (χ1) is 16.6. The number of alkyl halides is 1. The lowest BCUT2D eigenvalue weighted by atomic mass is 10.0. The standard InChI is InChI=1S/C24H26F2N6O3/c1-14-11-17(25)19(31-22(33)29-10-7-24(2,3)26)13-16(14)18-6-9-28-21(30-18)15-5-8-27-20(12-15)32-23(34)35-4/h5-6,8-9,11-13H,7,10H2,1-4H3,(H,27,32,34)(H2,29,31,33). The quantitative estimate of drug-likeness (QED) is 0.430. The highest BCUT2D eigenvalue weighted by Gasteiger charge is 2.17. The van der Waals surface area contributed by atoms with Crippen molar-refractivity contribution in [1.29, 1.82) is 0 Å². The van der Waals surface area contributed by atoms with Gasteiger partial charge in [-0.1, -0.05) is 0 Å². The fraction of sp³-hybridized carbons (Fsp3) is 0.292. The minimum atomic E-state index is -1.43. The number of nitrogens with zero attached hydrogens (tertiary/aromatic N) is 3. The Balaban J connectivity index is 1.84. The molecule has 3 rings (SSSR count). The Bertz CT molecular complexity index is 1230. The highest BCUT2D eigenvalue weighted by Crippen LogP contribution is 2.29. The van der Waals surface area contributed by atoms with Gasteiger partial charge in [0.2, 0.25) is 0 Å². The summed E-state index contributed by atoms with van der Waals surface area (Å²) >= 11 is 0. The number of methoxy groups -OCH3 is 1. The molecule has 0 radical (unpaired) electrons. The van der Waals surface area contributed by atoms with Gasteiger partial charge in [0.15, 0.2) is 5.82 Å². The van der Waals surface area contributed by atoms with Crippen molar-refractivity contribution < 1.29 is 23.1 Å². The monoisotopic (exact) mass is 484 g/mol. The molecule has 0 aliphatic heterocycles. The first-order valence-electron chi connectivity index (χ1n) is 10.7. The van der Waals surface area contributed by atoms with Gasteiger partial charge in [-0.25, -0.2) is 33.3 Å². The molecule has 3 amide bonds. The fourth-order valence-electron chi connectivity index (χ4n) is 3.13. The molecule has 0 aliphatic rings. The first kappa shape index (κ1) is 25.5. The Labute approximate surface area is 201 Å². The average molecular weight is 485 g/mol. The number of urea groups is 1. The molecular weight excluding hydrogens is 458 g/mol. The molecule has 0 saturated heterocycles. The van der Waals surface area contributed by atoms with E-state index in [0.717, 1.165) is 0 Å². The van der Waals surface area contributed by atoms with Crippen molar-refractivity contribution in [2.75, 3.05) is 24.3 Å². The number of ether oxygens (including phenoxy) is 1. The average Bonchev–Trinajstić information content (AvgIpc) is 2.80. The summed E-state index contributed by atoms with van der Waals surface area (Å²) in [7, 11) is 1.24. The van der Waals surface area contributed by atoms with Crippen LogP contribution in [0.5, 0.6) is 0 Å². The van der Waals surface area contributed by atoms with E-state index < -0.39 is 23.6 Å². The number of aromatic nitrogens is 3. The summed E-state index contributed by atoms with van der Waals surface area (Å²) in [5.74, 6) is -0.00764. The van der Waals surface area contributed by atoms with Crippen molar-refractivity contribution >= 4 is 23.6 Å². The van der Waals surface area contributed by atoms with Crippen molar-refractivity contribution in [3.63, 3.8) is 0 Å². The van der Waals surface area contributed by atoms with Gasteiger partial charge in [-0.05, 0) is 63.1 Å². The summed E-state index contributed by atoms with van der Waals surface area (Å²) in [5, 5.41) is 7.45. The van der Waals surface area contributed by atoms with Gasteiger partial charge >= 0.3 is 12.1 Å². The lowest BCUT2D eigenvalue weighted by molar-refractivity contribution is 0.186. The smallest absolute Gasteiger partial charge is 0.412 e. The maximum atomic E-state index is 14.6. The van der Waals surface area contributed by atoms with Gasteiger partial charge < -0.3 is 15.4 Å². The third-order valence-electron chi connectivity index (χ3n) is 4.93. The maximum Gasteiger partial charge on any atom is 0.412 e. The van der Waals surface area contributed by atoms with Gasteiger partial charge in [0.05, 0.1) is 18.5 Å². The number of pyridine rings is 1. The second kappa shape index (κ2) is 10.9. The number of hydrogen-bond donors (Lipinski definition) is 3. The molecule has 2 heterocycles. The molecular formula is C24H26F2N6O3. The molecule has 1 aromatic carbocycles. The second-order valence-corrected chi connectivity index (χ2v) is 8.31. The van der Waals surface area contributed by atoms with E-state index in [4.69, 9.17) is 0 Å². The predicted molar refractivity (Wildman–Crippen MR) is 128 cm³/mol. The van der Waals surface area contributed by atoms with Crippen LogP contribution >= 0.6 is 0 Å². The van der Waals surface area contributed by atoms with Crippen LogP contribution in [0, 0.1) is 12.7 Å². The zero-order valence-corrected chi connectivity index (χ0v) is 19.8. The number of anilines is 2. The molecule has 3 aromatic rings. The zero-order valence-electron chi connectivity index (χ0n) is 19.8. The normalized spacial score (nSPS) is 11.0. The van der Waals surface area contributed by atoms with Gasteiger partial charge in [-0.3, -0.25) is 5.32 Å². The molecule has 11 heteroatoms. The molecule has 35 heavy (non-hydrogen) atoms. The molecule has 0 spiro atoms. The number of halogens is 2. The summed E-state index contributed by atoms with van der Waals surface area (Å²) in [5.41, 5.74) is 0.787. The Morgan fingerprint density at radius 1 is 1.09 bits per heavy atom. The topological polar surface area (TPSA) is 118 Å². The molecule has 184 valence electrons. The van der Waals surface area contributed by atoms with Gasteiger partial charge in [-0.2, -0.15) is 0 Å². The predicted octanol–water partition coefficient (Wildman–Crippen LogP) is 5.09. The van der Waals surface area contributed by atoms with Gasteiger partial charge in [-0.15, -0.1) is 0 Å². The van der Waals surface area contributed by atoms with Crippen LogP contribution in [-0.4, -0.2) is 46.4 Å². The molecule has 2 aromatic heterocycles. The molecule has 0 aliphatic carbocycles. The van der Waals surface area contributed by atoms with Crippen LogP contribution in [0.4, 0.5) is 29.9 Å². The van der Waals surface area contributed by atoms with Crippen molar-refractivity contribution in [1.82, 2.24) is 20.3 Å². The van der Waals surface area contributed by atoms with E-state index in [0.29, 0.717) is 28.2 Å². The van der Waals surface area contributed by atoms with E-state index in [1.807, 2.05) is 0 Å². The highest BCUT2D eigenvalue weighted by molar-refractivity contribution is 5.90. The van der Waals surface area contributed by atoms with Gasteiger partial charge in [0.1, 0.15) is 17.3 Å². The number of rotatable bonds is 7. The maximum absolute atomic E-state index is 14.6. The van der Waals surface area contributed by atoms with E-state index in [2.05, 4.69) is 35.6 Å². The van der Waals surface area contributed by atoms with E-state index in [9.17, 15) is 18.4 Å². The van der Waals surface area contributed by atoms with Crippen LogP contribution in [-0.2, 0) is 4.74 Å². The van der Waals surface area contributed by atoms with Crippen molar-refractivity contribution in [2.24, 2.45) is 0 Å². The molecule has 3 N–H and O–H groups in total. The van der Waals surface area contributed by atoms with E-state index in [1.165, 1.54) is 39.3 Å². The number of nitrogens with one attached hydrogen (secondary N) is 3. The number of carbonyl (C=O) groups excluding carboxylic acids is 2. The van der Waals surface area contributed by atoms with Crippen LogP contribution in [0.2, 0.25) is 0 Å². The van der Waals surface area contributed by atoms with Gasteiger partial charge in [0.25, 0.3) is 0 Å². The van der Waals surface area contributed by atoms with E-state index in [-0.39, 0.29) is 24.5 Å². The minimum absolute atomic E-state index is 0.0451. The number of carbonyl (C=O) groups is 2. The second-order valence-electron chi connectivity index (χ2n) is 8.31. The Morgan fingerprint density at radius 3 is 2.54 bits per heavy atom. The lowest BCUT2D eigenvalue weighted by Crippen LogP contribution is -2.32. The first-order valence-corrected chi connectivity index (χ1v) is 10.7. The number of amides is 3. The van der Waals surface area contributed by atoms with Crippen LogP contribution < -0.4 is 16.0 Å².